The highest BCUT2D eigenvalue weighted by molar-refractivity contribution is 7.99. The molecule has 0 radical (unpaired) electrons. The molecule has 0 fully saturated rings. The van der Waals surface area contributed by atoms with E-state index in [9.17, 15) is 9.59 Å². The maximum atomic E-state index is 12.2. The number of carbonyl (C=O) groups is 2. The Morgan fingerprint density at radius 1 is 1.06 bits per heavy atom. The van der Waals surface area contributed by atoms with E-state index in [4.69, 9.17) is 0 Å². The lowest BCUT2D eigenvalue weighted by molar-refractivity contribution is -0.114. The van der Waals surface area contributed by atoms with Gasteiger partial charge in [0, 0.05) is 36.0 Å². The van der Waals surface area contributed by atoms with Gasteiger partial charge in [0.2, 0.25) is 11.8 Å². The molecule has 0 unspecified atom stereocenters. The molecule has 2 amide bonds. The summed E-state index contributed by atoms with van der Waals surface area (Å²) in [6.07, 6.45) is 4.90. The summed E-state index contributed by atoms with van der Waals surface area (Å²) in [6, 6.07) is 17.0. The van der Waals surface area contributed by atoms with Crippen molar-refractivity contribution in [2.75, 3.05) is 16.4 Å². The van der Waals surface area contributed by atoms with Crippen LogP contribution in [-0.2, 0) is 16.6 Å². The summed E-state index contributed by atoms with van der Waals surface area (Å²) >= 11 is 2.67. The Labute approximate surface area is 198 Å². The molecule has 2 aromatic carbocycles. The quantitative estimate of drug-likeness (QED) is 0.290. The fourth-order valence-corrected chi connectivity index (χ4v) is 4.14. The lowest BCUT2D eigenvalue weighted by Crippen LogP contribution is -2.14. The van der Waals surface area contributed by atoms with Crippen LogP contribution in [0, 0.1) is 0 Å². The Balaban J connectivity index is 1.34. The van der Waals surface area contributed by atoms with E-state index >= 15 is 0 Å². The summed E-state index contributed by atoms with van der Waals surface area (Å²) in [6.45, 7) is 0. The molecule has 0 bridgehead atoms. The van der Waals surface area contributed by atoms with Crippen LogP contribution < -0.4 is 10.6 Å². The average molecular weight is 477 g/mol. The van der Waals surface area contributed by atoms with Crippen molar-refractivity contribution in [1.29, 1.82) is 0 Å². The fraction of sp³-hybridized carbons (Fsp3) is 0.0870. The van der Waals surface area contributed by atoms with E-state index in [0.29, 0.717) is 21.8 Å². The van der Waals surface area contributed by atoms with Gasteiger partial charge in [0.1, 0.15) is 0 Å². The largest absolute Gasteiger partial charge is 0.323 e. The third kappa shape index (κ3) is 6.15. The van der Waals surface area contributed by atoms with Gasteiger partial charge in [-0.15, -0.1) is 21.5 Å². The summed E-state index contributed by atoms with van der Waals surface area (Å²) in [5.41, 5.74) is 2.48. The first-order valence-electron chi connectivity index (χ1n) is 9.94. The van der Waals surface area contributed by atoms with Crippen LogP contribution in [-0.4, -0.2) is 37.3 Å². The molecule has 10 heteroatoms. The van der Waals surface area contributed by atoms with Crippen LogP contribution in [0.2, 0.25) is 0 Å². The zero-order valence-electron chi connectivity index (χ0n) is 17.6. The molecule has 2 heterocycles. The predicted molar refractivity (Wildman–Crippen MR) is 132 cm³/mol. The number of benzene rings is 2. The topological polar surface area (TPSA) is 102 Å². The molecular formula is C23H20N6O2S2. The number of nitrogens with zero attached hydrogens (tertiary/aromatic N) is 4. The molecule has 33 heavy (non-hydrogen) atoms. The smallest absolute Gasteiger partial charge is 0.248 e. The minimum absolute atomic E-state index is 0.152. The monoisotopic (exact) mass is 476 g/mol. The molecule has 0 saturated carbocycles. The van der Waals surface area contributed by atoms with Crippen molar-refractivity contribution in [3.05, 3.63) is 77.8 Å². The summed E-state index contributed by atoms with van der Waals surface area (Å²) in [5.74, 6) is 0.507. The SMILES string of the molecule is Cn1c(SCC(=O)Nc2nccs2)nnc1-c1ccc(NC(=O)C=Cc2ccccc2)cc1. The second-order valence-electron chi connectivity index (χ2n) is 6.85. The second kappa shape index (κ2) is 10.7. The molecule has 2 N–H and O–H groups in total. The second-order valence-corrected chi connectivity index (χ2v) is 8.69. The molecular weight excluding hydrogens is 456 g/mol. The average Bonchev–Trinajstić information content (AvgIpc) is 3.47. The first-order valence-corrected chi connectivity index (χ1v) is 11.8. The van der Waals surface area contributed by atoms with E-state index in [1.807, 2.05) is 66.2 Å². The summed E-state index contributed by atoms with van der Waals surface area (Å²) in [7, 11) is 1.85. The molecule has 166 valence electrons. The lowest BCUT2D eigenvalue weighted by Gasteiger charge is -2.06. The molecule has 0 aliphatic rings. The highest BCUT2D eigenvalue weighted by atomic mass is 32.2. The summed E-state index contributed by atoms with van der Waals surface area (Å²) in [5, 5.41) is 17.0. The first kappa shape index (κ1) is 22.4. The number of hydrogen-bond donors (Lipinski definition) is 2. The fourth-order valence-electron chi connectivity index (χ4n) is 2.89. The Kier molecular flexibility index (Phi) is 7.28. The van der Waals surface area contributed by atoms with Gasteiger partial charge in [-0.05, 0) is 35.9 Å². The van der Waals surface area contributed by atoms with Crippen molar-refractivity contribution in [2.24, 2.45) is 7.05 Å². The highest BCUT2D eigenvalue weighted by Crippen LogP contribution is 2.24. The molecule has 0 spiro atoms. The highest BCUT2D eigenvalue weighted by Gasteiger charge is 2.13. The summed E-state index contributed by atoms with van der Waals surface area (Å²) in [4.78, 5) is 28.3. The van der Waals surface area contributed by atoms with Crippen LogP contribution in [0.3, 0.4) is 0 Å². The van der Waals surface area contributed by atoms with E-state index in [0.717, 1.165) is 11.1 Å². The molecule has 0 aliphatic carbocycles. The third-order valence-corrected chi connectivity index (χ3v) is 6.19. The first-order chi connectivity index (χ1) is 16.1. The van der Waals surface area contributed by atoms with E-state index in [2.05, 4.69) is 25.8 Å². The molecule has 4 rings (SSSR count). The van der Waals surface area contributed by atoms with Crippen molar-refractivity contribution < 1.29 is 9.59 Å². The maximum Gasteiger partial charge on any atom is 0.248 e. The van der Waals surface area contributed by atoms with Crippen molar-refractivity contribution in [3.63, 3.8) is 0 Å². The zero-order chi connectivity index (χ0) is 23.0. The molecule has 0 saturated heterocycles. The third-order valence-electron chi connectivity index (χ3n) is 4.48. The number of aromatic nitrogens is 4. The number of rotatable bonds is 8. The number of thiazole rings is 1. The normalized spacial score (nSPS) is 10.9. The number of nitrogens with one attached hydrogen (secondary N) is 2. The van der Waals surface area contributed by atoms with Crippen LogP contribution in [0.5, 0.6) is 0 Å². The van der Waals surface area contributed by atoms with Gasteiger partial charge in [0.25, 0.3) is 0 Å². The molecule has 2 aromatic heterocycles. The van der Waals surface area contributed by atoms with Gasteiger partial charge in [0.15, 0.2) is 16.1 Å². The Hall–Kier alpha value is -3.76. The van der Waals surface area contributed by atoms with Crippen LogP contribution in [0.4, 0.5) is 10.8 Å². The Morgan fingerprint density at radius 2 is 1.85 bits per heavy atom. The van der Waals surface area contributed by atoms with Crippen LogP contribution in [0.1, 0.15) is 5.56 Å². The van der Waals surface area contributed by atoms with Crippen molar-refractivity contribution in [2.45, 2.75) is 5.16 Å². The number of thioether (sulfide) groups is 1. The summed E-state index contributed by atoms with van der Waals surface area (Å²) < 4.78 is 1.83. The maximum absolute atomic E-state index is 12.2. The van der Waals surface area contributed by atoms with Gasteiger partial charge >= 0.3 is 0 Å². The Bertz CT molecular complexity index is 1250. The van der Waals surface area contributed by atoms with E-state index < -0.39 is 0 Å². The van der Waals surface area contributed by atoms with Gasteiger partial charge in [-0.1, -0.05) is 42.1 Å². The minimum Gasteiger partial charge on any atom is -0.323 e. The number of carbonyl (C=O) groups excluding carboxylic acids is 2. The van der Waals surface area contributed by atoms with Crippen molar-refractivity contribution in [3.8, 4) is 11.4 Å². The standard InChI is InChI=1S/C23H20N6O2S2/c1-29-21(27-28-23(29)33-15-20(31)26-22-24-13-14-32-22)17-8-10-18(11-9-17)25-19(30)12-7-16-5-3-2-4-6-16/h2-14H,15H2,1H3,(H,25,30)(H,24,26,31). The predicted octanol–water partition coefficient (Wildman–Crippen LogP) is 4.32. The molecule has 4 aromatic rings. The number of hydrogen-bond acceptors (Lipinski definition) is 7. The van der Waals surface area contributed by atoms with E-state index in [-0.39, 0.29) is 17.6 Å². The van der Waals surface area contributed by atoms with Crippen molar-refractivity contribution >= 4 is 51.8 Å². The minimum atomic E-state index is -0.208. The zero-order valence-corrected chi connectivity index (χ0v) is 19.3. The molecule has 0 atom stereocenters. The van der Waals surface area contributed by atoms with Crippen LogP contribution in [0.25, 0.3) is 17.5 Å². The van der Waals surface area contributed by atoms with Gasteiger partial charge < -0.3 is 15.2 Å². The van der Waals surface area contributed by atoms with Gasteiger partial charge in [-0.25, -0.2) is 4.98 Å². The van der Waals surface area contributed by atoms with Crippen LogP contribution >= 0.6 is 23.1 Å². The number of amides is 2. The lowest BCUT2D eigenvalue weighted by atomic mass is 10.2. The van der Waals surface area contributed by atoms with Gasteiger partial charge in [-0.2, -0.15) is 0 Å². The van der Waals surface area contributed by atoms with E-state index in [1.54, 1.807) is 17.7 Å². The van der Waals surface area contributed by atoms with Gasteiger partial charge in [-0.3, -0.25) is 9.59 Å². The van der Waals surface area contributed by atoms with Crippen molar-refractivity contribution in [1.82, 2.24) is 19.7 Å². The van der Waals surface area contributed by atoms with E-state index in [1.165, 1.54) is 29.2 Å². The molecule has 8 nitrogen and oxygen atoms in total. The Morgan fingerprint density at radius 3 is 2.58 bits per heavy atom. The van der Waals surface area contributed by atoms with Gasteiger partial charge in [0.05, 0.1) is 5.75 Å². The molecule has 0 aliphatic heterocycles. The number of anilines is 2. The van der Waals surface area contributed by atoms with Crippen LogP contribution in [0.15, 0.2) is 77.4 Å².